The van der Waals surface area contributed by atoms with Crippen molar-refractivity contribution in [3.05, 3.63) is 45.2 Å². The summed E-state index contributed by atoms with van der Waals surface area (Å²) in [6.45, 7) is 4.61. The van der Waals surface area contributed by atoms with Gasteiger partial charge in [-0.1, -0.05) is 30.0 Å². The molecule has 4 heterocycles. The van der Waals surface area contributed by atoms with Gasteiger partial charge in [-0.3, -0.25) is 18.9 Å². The molecule has 2 aliphatic heterocycles. The van der Waals surface area contributed by atoms with E-state index in [-0.39, 0.29) is 17.6 Å². The Morgan fingerprint density at radius 2 is 2.00 bits per heavy atom. The van der Waals surface area contributed by atoms with Crippen molar-refractivity contribution in [1.29, 1.82) is 0 Å². The molecule has 0 bridgehead atoms. The number of thiocarbonyl (C=S) groups is 1. The SMILES string of the molecule is CCOC(=O)N1CCN(c2nc3ccccn3c(=O)c2/C=C2\SC(=S)N(CCOC)C2=O)CC1. The Morgan fingerprint density at radius 3 is 2.71 bits per heavy atom. The van der Waals surface area contributed by atoms with Gasteiger partial charge in [0.2, 0.25) is 0 Å². The van der Waals surface area contributed by atoms with Crippen molar-refractivity contribution in [2.75, 3.05) is 57.9 Å². The Hall–Kier alpha value is -2.96. The molecule has 2 fully saturated rings. The zero-order valence-electron chi connectivity index (χ0n) is 18.9. The number of rotatable bonds is 6. The van der Waals surface area contributed by atoms with E-state index in [0.717, 1.165) is 11.8 Å². The van der Waals surface area contributed by atoms with Crippen LogP contribution in [0.2, 0.25) is 0 Å². The number of pyridine rings is 1. The zero-order chi connectivity index (χ0) is 24.2. The molecule has 0 spiro atoms. The fourth-order valence-corrected chi connectivity index (χ4v) is 5.07. The minimum atomic E-state index is -0.353. The van der Waals surface area contributed by atoms with E-state index in [1.807, 2.05) is 11.0 Å². The van der Waals surface area contributed by atoms with Gasteiger partial charge in [-0.2, -0.15) is 0 Å². The van der Waals surface area contributed by atoms with Gasteiger partial charge in [0, 0.05) is 39.5 Å². The number of thioether (sulfide) groups is 1. The van der Waals surface area contributed by atoms with Crippen LogP contribution < -0.4 is 10.5 Å². The number of aromatic nitrogens is 2. The van der Waals surface area contributed by atoms with Crippen LogP contribution in [0.1, 0.15) is 12.5 Å². The maximum Gasteiger partial charge on any atom is 0.409 e. The molecule has 12 heteroatoms. The molecule has 34 heavy (non-hydrogen) atoms. The van der Waals surface area contributed by atoms with E-state index < -0.39 is 0 Å². The zero-order valence-corrected chi connectivity index (χ0v) is 20.6. The van der Waals surface area contributed by atoms with Gasteiger partial charge in [-0.25, -0.2) is 9.78 Å². The first-order valence-electron chi connectivity index (χ1n) is 10.9. The monoisotopic (exact) mass is 503 g/mol. The second kappa shape index (κ2) is 10.5. The molecule has 0 aromatic carbocycles. The second-order valence-electron chi connectivity index (χ2n) is 7.58. The van der Waals surface area contributed by atoms with Crippen LogP contribution >= 0.6 is 24.0 Å². The molecule has 0 atom stereocenters. The number of methoxy groups -OCH3 is 1. The van der Waals surface area contributed by atoms with Gasteiger partial charge in [-0.05, 0) is 25.1 Å². The fraction of sp³-hybridized carbons (Fsp3) is 0.409. The number of nitrogens with zero attached hydrogens (tertiary/aromatic N) is 5. The maximum atomic E-state index is 13.5. The van der Waals surface area contributed by atoms with Crippen molar-refractivity contribution in [1.82, 2.24) is 19.2 Å². The van der Waals surface area contributed by atoms with E-state index in [9.17, 15) is 14.4 Å². The second-order valence-corrected chi connectivity index (χ2v) is 9.26. The van der Waals surface area contributed by atoms with E-state index in [1.54, 1.807) is 43.3 Å². The van der Waals surface area contributed by atoms with Crippen molar-refractivity contribution in [2.24, 2.45) is 0 Å². The lowest BCUT2D eigenvalue weighted by atomic mass is 10.2. The van der Waals surface area contributed by atoms with E-state index in [0.29, 0.717) is 72.2 Å². The third-order valence-corrected chi connectivity index (χ3v) is 6.90. The van der Waals surface area contributed by atoms with Gasteiger partial charge >= 0.3 is 6.09 Å². The number of amides is 2. The van der Waals surface area contributed by atoms with Crippen LogP contribution in [-0.4, -0.2) is 88.6 Å². The molecular weight excluding hydrogens is 478 g/mol. The predicted octanol–water partition coefficient (Wildman–Crippen LogP) is 1.82. The average Bonchev–Trinajstić information content (AvgIpc) is 3.11. The number of carbonyl (C=O) groups is 2. The predicted molar refractivity (Wildman–Crippen MR) is 134 cm³/mol. The number of piperazine rings is 1. The summed E-state index contributed by atoms with van der Waals surface area (Å²) in [5, 5.41) is 0. The maximum absolute atomic E-state index is 13.5. The summed E-state index contributed by atoms with van der Waals surface area (Å²) in [4.78, 5) is 48.7. The highest BCUT2D eigenvalue weighted by Crippen LogP contribution is 2.33. The Balaban J connectivity index is 1.70. The number of anilines is 1. The summed E-state index contributed by atoms with van der Waals surface area (Å²) in [7, 11) is 1.56. The number of ether oxygens (including phenoxy) is 2. The lowest BCUT2D eigenvalue weighted by Crippen LogP contribution is -2.49. The molecule has 0 N–H and O–H groups in total. The molecular formula is C22H25N5O5S2. The Bertz CT molecular complexity index is 1210. The summed E-state index contributed by atoms with van der Waals surface area (Å²) in [6.07, 6.45) is 2.87. The van der Waals surface area contributed by atoms with Crippen LogP contribution in [0.3, 0.4) is 0 Å². The van der Waals surface area contributed by atoms with Gasteiger partial charge in [0.1, 0.15) is 15.8 Å². The van der Waals surface area contributed by atoms with Crippen LogP contribution in [0.15, 0.2) is 34.1 Å². The van der Waals surface area contributed by atoms with Gasteiger partial charge in [0.25, 0.3) is 11.5 Å². The van der Waals surface area contributed by atoms with Gasteiger partial charge in [0.15, 0.2) is 0 Å². The smallest absolute Gasteiger partial charge is 0.409 e. The standard InChI is InChI=1S/C22H25N5O5S2/c1-3-32-21(30)25-10-8-24(9-11-25)18-15(19(28)26-7-5-4-6-17(26)23-18)14-16-20(29)27(12-13-31-2)22(33)34-16/h4-7,14H,3,8-13H2,1-2H3/b16-14-. The van der Waals surface area contributed by atoms with Crippen LogP contribution in [-0.2, 0) is 14.3 Å². The molecule has 2 aliphatic rings. The number of hydrogen-bond donors (Lipinski definition) is 0. The van der Waals surface area contributed by atoms with E-state index in [4.69, 9.17) is 26.7 Å². The molecule has 180 valence electrons. The summed E-state index contributed by atoms with van der Waals surface area (Å²) < 4.78 is 12.0. The third-order valence-electron chi connectivity index (χ3n) is 5.52. The molecule has 0 aliphatic carbocycles. The minimum absolute atomic E-state index is 0.261. The molecule has 0 radical (unpaired) electrons. The van der Waals surface area contributed by atoms with Crippen molar-refractivity contribution >= 4 is 57.8 Å². The Kier molecular flexibility index (Phi) is 7.49. The quantitative estimate of drug-likeness (QED) is 0.432. The molecule has 2 saturated heterocycles. The van der Waals surface area contributed by atoms with E-state index >= 15 is 0 Å². The molecule has 2 amide bonds. The number of hydrogen-bond acceptors (Lipinski definition) is 9. The van der Waals surface area contributed by atoms with Crippen molar-refractivity contribution < 1.29 is 19.1 Å². The molecule has 10 nitrogen and oxygen atoms in total. The molecule has 2 aromatic rings. The van der Waals surface area contributed by atoms with Crippen LogP contribution in [0.5, 0.6) is 0 Å². The fourth-order valence-electron chi connectivity index (χ4n) is 3.78. The average molecular weight is 504 g/mol. The normalized spacial score (nSPS) is 17.8. The van der Waals surface area contributed by atoms with E-state index in [1.165, 1.54) is 9.30 Å². The van der Waals surface area contributed by atoms with Crippen molar-refractivity contribution in [3.63, 3.8) is 0 Å². The van der Waals surface area contributed by atoms with Crippen LogP contribution in [0.25, 0.3) is 11.7 Å². The first-order chi connectivity index (χ1) is 16.4. The largest absolute Gasteiger partial charge is 0.450 e. The highest BCUT2D eigenvalue weighted by atomic mass is 32.2. The van der Waals surface area contributed by atoms with Crippen molar-refractivity contribution in [2.45, 2.75) is 6.92 Å². The lowest BCUT2D eigenvalue weighted by Gasteiger charge is -2.35. The number of fused-ring (bicyclic) bond motifs is 1. The summed E-state index contributed by atoms with van der Waals surface area (Å²) in [5.41, 5.74) is 0.524. The van der Waals surface area contributed by atoms with Gasteiger partial charge in [0.05, 0.1) is 30.2 Å². The molecule has 2 aromatic heterocycles. The summed E-state index contributed by atoms with van der Waals surface area (Å²) in [5.74, 6) is 0.213. The van der Waals surface area contributed by atoms with Gasteiger partial charge in [-0.15, -0.1) is 0 Å². The lowest BCUT2D eigenvalue weighted by molar-refractivity contribution is -0.122. The molecule has 4 rings (SSSR count). The van der Waals surface area contributed by atoms with Crippen molar-refractivity contribution in [3.8, 4) is 0 Å². The third kappa shape index (κ3) is 4.79. The topological polar surface area (TPSA) is 96.7 Å². The Labute approximate surface area is 206 Å². The Morgan fingerprint density at radius 1 is 1.24 bits per heavy atom. The first-order valence-corrected chi connectivity index (χ1v) is 12.1. The number of carbonyl (C=O) groups excluding carboxylic acids is 2. The summed E-state index contributed by atoms with van der Waals surface area (Å²) >= 11 is 6.52. The van der Waals surface area contributed by atoms with E-state index in [2.05, 4.69) is 0 Å². The van der Waals surface area contributed by atoms with Crippen LogP contribution in [0, 0.1) is 0 Å². The summed E-state index contributed by atoms with van der Waals surface area (Å²) in [6, 6.07) is 5.32. The first kappa shape index (κ1) is 24.2. The molecule has 0 saturated carbocycles. The van der Waals surface area contributed by atoms with Crippen LogP contribution in [0.4, 0.5) is 10.6 Å². The minimum Gasteiger partial charge on any atom is -0.450 e. The highest BCUT2D eigenvalue weighted by Gasteiger charge is 2.33. The highest BCUT2D eigenvalue weighted by molar-refractivity contribution is 8.26. The molecule has 0 unspecified atom stereocenters. The van der Waals surface area contributed by atoms with Gasteiger partial charge < -0.3 is 19.3 Å².